The Kier molecular flexibility index (Phi) is 2.82. The number of ether oxygens (including phenoxy) is 1. The number of carbonyl (C=O) groups is 1. The molecule has 0 saturated carbocycles. The first-order valence-corrected chi connectivity index (χ1v) is 6.95. The summed E-state index contributed by atoms with van der Waals surface area (Å²) in [5.74, 6) is 0.776. The molecule has 0 aromatic heterocycles. The number of Topliss-reactive ketones (excluding diaryl/α,β-unsaturated/α-hetero) is 1. The van der Waals surface area contributed by atoms with Crippen LogP contribution in [-0.2, 0) is 9.53 Å². The average molecular weight is 323 g/mol. The molecule has 3 rings (SSSR count). The number of fused-ring (bicyclic) bond motifs is 2. The number of carbonyl (C=O) groups excluding carboxylic acids is 1. The molecular formula is C14H15BrN2O2. The molecule has 5 heteroatoms. The standard InChI is InChI=1S/C14H15BrN2O2/c1-7(18)12-8(2)19-14-13(12)16-10-6-9(15)4-5-11(10)17(14)3/h4-6,13-14,16H,1-3H3. The minimum atomic E-state index is -0.160. The Morgan fingerprint density at radius 3 is 2.89 bits per heavy atom. The molecule has 0 spiro atoms. The summed E-state index contributed by atoms with van der Waals surface area (Å²) in [6, 6.07) is 5.95. The molecule has 100 valence electrons. The van der Waals surface area contributed by atoms with Gasteiger partial charge in [-0.3, -0.25) is 4.79 Å². The van der Waals surface area contributed by atoms with Gasteiger partial charge >= 0.3 is 0 Å². The zero-order valence-corrected chi connectivity index (χ0v) is 12.6. The van der Waals surface area contributed by atoms with Crippen LogP contribution in [0.4, 0.5) is 11.4 Å². The van der Waals surface area contributed by atoms with Crippen molar-refractivity contribution in [2.75, 3.05) is 17.3 Å². The van der Waals surface area contributed by atoms with Crippen LogP contribution in [0.15, 0.2) is 34.0 Å². The monoisotopic (exact) mass is 322 g/mol. The largest absolute Gasteiger partial charge is 0.472 e. The summed E-state index contributed by atoms with van der Waals surface area (Å²) >= 11 is 3.47. The third kappa shape index (κ3) is 1.84. The molecule has 2 unspecified atom stereocenters. The van der Waals surface area contributed by atoms with Gasteiger partial charge in [-0.1, -0.05) is 15.9 Å². The van der Waals surface area contributed by atoms with Crippen molar-refractivity contribution in [2.24, 2.45) is 0 Å². The molecule has 2 aliphatic rings. The molecule has 0 aliphatic carbocycles. The van der Waals surface area contributed by atoms with E-state index in [1.807, 2.05) is 32.2 Å². The maximum absolute atomic E-state index is 11.8. The van der Waals surface area contributed by atoms with Crippen LogP contribution in [-0.4, -0.2) is 25.1 Å². The van der Waals surface area contributed by atoms with Gasteiger partial charge in [-0.05, 0) is 32.0 Å². The van der Waals surface area contributed by atoms with Crippen molar-refractivity contribution in [3.63, 3.8) is 0 Å². The molecule has 19 heavy (non-hydrogen) atoms. The molecule has 0 bridgehead atoms. The van der Waals surface area contributed by atoms with Crippen LogP contribution in [0.1, 0.15) is 13.8 Å². The first-order valence-electron chi connectivity index (χ1n) is 6.16. The molecule has 0 saturated heterocycles. The van der Waals surface area contributed by atoms with E-state index in [0.717, 1.165) is 21.4 Å². The zero-order chi connectivity index (χ0) is 13.7. The molecule has 2 heterocycles. The van der Waals surface area contributed by atoms with Crippen LogP contribution in [0.25, 0.3) is 0 Å². The first kappa shape index (κ1) is 12.5. The van der Waals surface area contributed by atoms with E-state index in [1.54, 1.807) is 6.92 Å². The molecule has 2 atom stereocenters. The predicted octanol–water partition coefficient (Wildman–Crippen LogP) is 2.90. The fourth-order valence-corrected chi connectivity index (χ4v) is 3.18. The lowest BCUT2D eigenvalue weighted by molar-refractivity contribution is -0.113. The molecule has 2 aliphatic heterocycles. The van der Waals surface area contributed by atoms with E-state index in [4.69, 9.17) is 4.74 Å². The molecule has 0 radical (unpaired) electrons. The van der Waals surface area contributed by atoms with Gasteiger partial charge in [0.2, 0.25) is 0 Å². The lowest BCUT2D eigenvalue weighted by atomic mass is 9.99. The van der Waals surface area contributed by atoms with E-state index in [-0.39, 0.29) is 18.1 Å². The van der Waals surface area contributed by atoms with Gasteiger partial charge in [0.1, 0.15) is 11.8 Å². The van der Waals surface area contributed by atoms with Crippen molar-refractivity contribution in [3.8, 4) is 0 Å². The minimum absolute atomic E-state index is 0.0596. The second kappa shape index (κ2) is 4.27. The van der Waals surface area contributed by atoms with Crippen molar-refractivity contribution < 1.29 is 9.53 Å². The number of hydrogen-bond donors (Lipinski definition) is 1. The van der Waals surface area contributed by atoms with Gasteiger partial charge in [0.05, 0.1) is 16.9 Å². The second-order valence-corrected chi connectivity index (χ2v) is 5.84. The number of nitrogens with one attached hydrogen (secondary N) is 1. The van der Waals surface area contributed by atoms with Gasteiger partial charge in [-0.15, -0.1) is 0 Å². The summed E-state index contributed by atoms with van der Waals surface area (Å²) in [6.45, 7) is 3.44. The summed E-state index contributed by atoms with van der Waals surface area (Å²) in [6.07, 6.45) is -0.160. The van der Waals surface area contributed by atoms with Crippen molar-refractivity contribution in [3.05, 3.63) is 34.0 Å². The van der Waals surface area contributed by atoms with E-state index in [9.17, 15) is 4.79 Å². The highest BCUT2D eigenvalue weighted by atomic mass is 79.9. The first-order chi connectivity index (χ1) is 8.99. The highest BCUT2D eigenvalue weighted by molar-refractivity contribution is 9.10. The maximum atomic E-state index is 11.8. The Morgan fingerprint density at radius 1 is 1.47 bits per heavy atom. The molecule has 1 N–H and O–H groups in total. The smallest absolute Gasteiger partial charge is 0.196 e. The highest BCUT2D eigenvalue weighted by Crippen LogP contribution is 2.41. The third-order valence-corrected chi connectivity index (χ3v) is 4.18. The minimum Gasteiger partial charge on any atom is -0.472 e. The number of ketones is 1. The maximum Gasteiger partial charge on any atom is 0.196 e. The van der Waals surface area contributed by atoms with Gasteiger partial charge in [0, 0.05) is 11.5 Å². The fraction of sp³-hybridized carbons (Fsp3) is 0.357. The number of allylic oxidation sites excluding steroid dienone is 1. The van der Waals surface area contributed by atoms with Crippen LogP contribution in [0, 0.1) is 0 Å². The Labute approximate surface area is 120 Å². The van der Waals surface area contributed by atoms with E-state index < -0.39 is 0 Å². The van der Waals surface area contributed by atoms with E-state index in [1.165, 1.54) is 0 Å². The molecule has 0 amide bonds. The number of halogens is 1. The SMILES string of the molecule is CC(=O)C1=C(C)OC2C1Nc1cc(Br)ccc1N2C. The van der Waals surface area contributed by atoms with Crippen LogP contribution in [0.3, 0.4) is 0 Å². The lowest BCUT2D eigenvalue weighted by Crippen LogP contribution is -2.48. The van der Waals surface area contributed by atoms with Crippen molar-refractivity contribution in [1.29, 1.82) is 0 Å². The zero-order valence-electron chi connectivity index (χ0n) is 11.0. The number of likely N-dealkylation sites (N-methyl/N-ethyl adjacent to an activating group) is 1. The number of anilines is 2. The van der Waals surface area contributed by atoms with Gasteiger partial charge in [-0.25, -0.2) is 0 Å². The predicted molar refractivity (Wildman–Crippen MR) is 78.2 cm³/mol. The molecule has 1 aromatic carbocycles. The summed E-state index contributed by atoms with van der Waals surface area (Å²) < 4.78 is 6.86. The summed E-state index contributed by atoms with van der Waals surface area (Å²) in [4.78, 5) is 13.9. The topological polar surface area (TPSA) is 41.6 Å². The Bertz CT molecular complexity index is 597. The van der Waals surface area contributed by atoms with Crippen LogP contribution in [0.2, 0.25) is 0 Å². The number of hydrogen-bond acceptors (Lipinski definition) is 4. The molecule has 1 aromatic rings. The Balaban J connectivity index is 2.06. The summed E-state index contributed by atoms with van der Waals surface area (Å²) in [7, 11) is 1.99. The van der Waals surface area contributed by atoms with Crippen molar-refractivity contribution >= 4 is 33.1 Å². The Morgan fingerprint density at radius 2 is 2.21 bits per heavy atom. The fourth-order valence-electron chi connectivity index (χ4n) is 2.82. The normalized spacial score (nSPS) is 24.5. The van der Waals surface area contributed by atoms with Gasteiger partial charge in [0.25, 0.3) is 0 Å². The average Bonchev–Trinajstić information content (AvgIpc) is 2.65. The van der Waals surface area contributed by atoms with Gasteiger partial charge in [-0.2, -0.15) is 0 Å². The third-order valence-electron chi connectivity index (χ3n) is 3.68. The quantitative estimate of drug-likeness (QED) is 0.863. The number of benzene rings is 1. The van der Waals surface area contributed by atoms with Gasteiger partial charge < -0.3 is 15.0 Å². The second-order valence-electron chi connectivity index (χ2n) is 4.93. The molecule has 0 fully saturated rings. The van der Waals surface area contributed by atoms with Crippen molar-refractivity contribution in [1.82, 2.24) is 0 Å². The molecule has 4 nitrogen and oxygen atoms in total. The van der Waals surface area contributed by atoms with Crippen LogP contribution >= 0.6 is 15.9 Å². The summed E-state index contributed by atoms with van der Waals surface area (Å²) in [5, 5.41) is 3.42. The van der Waals surface area contributed by atoms with Crippen LogP contribution in [0.5, 0.6) is 0 Å². The summed E-state index contributed by atoms with van der Waals surface area (Å²) in [5.41, 5.74) is 2.82. The van der Waals surface area contributed by atoms with E-state index >= 15 is 0 Å². The number of rotatable bonds is 1. The highest BCUT2D eigenvalue weighted by Gasteiger charge is 2.43. The molecular weight excluding hydrogens is 308 g/mol. The van der Waals surface area contributed by atoms with Gasteiger partial charge in [0.15, 0.2) is 12.0 Å². The van der Waals surface area contributed by atoms with Crippen LogP contribution < -0.4 is 10.2 Å². The lowest BCUT2D eigenvalue weighted by Gasteiger charge is -2.38. The van der Waals surface area contributed by atoms with Crippen molar-refractivity contribution in [2.45, 2.75) is 26.1 Å². The van der Waals surface area contributed by atoms with E-state index in [0.29, 0.717) is 5.76 Å². The Hall–Kier alpha value is -1.49. The number of nitrogens with zero attached hydrogens (tertiary/aromatic N) is 1. The van der Waals surface area contributed by atoms with E-state index in [2.05, 4.69) is 26.1 Å².